The molecule has 0 aliphatic carbocycles. The summed E-state index contributed by atoms with van der Waals surface area (Å²) in [4.78, 5) is 11.4. The number of hydrogen-bond acceptors (Lipinski definition) is 3. The lowest BCUT2D eigenvalue weighted by Crippen LogP contribution is -2.27. The number of methoxy groups -OCH3 is 1. The minimum Gasteiger partial charge on any atom is -0.465 e. The Balaban J connectivity index is 1.90. The van der Waals surface area contributed by atoms with Crippen LogP contribution in [0.5, 0.6) is 0 Å². The summed E-state index contributed by atoms with van der Waals surface area (Å²) in [5.41, 5.74) is 4.98. The molecule has 0 saturated heterocycles. The number of ether oxygens (including phenoxy) is 1. The van der Waals surface area contributed by atoms with Gasteiger partial charge in [-0.1, -0.05) is 29.3 Å². The monoisotopic (exact) mass is 328 g/mol. The van der Waals surface area contributed by atoms with E-state index in [1.165, 1.54) is 23.8 Å². The molecule has 5 heteroatoms. The molecule has 0 aliphatic rings. The molecule has 2 N–H and O–H groups in total. The van der Waals surface area contributed by atoms with Crippen molar-refractivity contribution < 1.29 is 9.53 Å². The van der Waals surface area contributed by atoms with Crippen LogP contribution in [0.2, 0.25) is 0 Å². The molecule has 0 saturated carbocycles. The van der Waals surface area contributed by atoms with Crippen molar-refractivity contribution in [3.05, 3.63) is 64.7 Å². The van der Waals surface area contributed by atoms with E-state index in [-0.39, 0.29) is 5.97 Å². The number of thiocarbonyl (C=S) groups is 1. The third-order valence-electron chi connectivity index (χ3n) is 3.30. The molecular formula is C18H20N2O2S. The SMILES string of the molecule is COC(=O)c1ccc(NC(=S)NCc2cc(C)cc(C)c2)cc1. The summed E-state index contributed by atoms with van der Waals surface area (Å²) in [6, 6.07) is 13.4. The van der Waals surface area contributed by atoms with Crippen molar-refractivity contribution in [1.29, 1.82) is 0 Å². The number of carbonyl (C=O) groups excluding carboxylic acids is 1. The average molecular weight is 328 g/mol. The lowest BCUT2D eigenvalue weighted by atomic mass is 10.1. The molecule has 0 heterocycles. The molecule has 0 aromatic heterocycles. The average Bonchev–Trinajstić information content (AvgIpc) is 2.52. The maximum absolute atomic E-state index is 11.4. The Bertz CT molecular complexity index is 691. The summed E-state index contributed by atoms with van der Waals surface area (Å²) in [6.07, 6.45) is 0. The zero-order chi connectivity index (χ0) is 16.8. The number of benzene rings is 2. The Hall–Kier alpha value is -2.40. The molecule has 0 radical (unpaired) electrons. The van der Waals surface area contributed by atoms with Gasteiger partial charge in [-0.3, -0.25) is 0 Å². The largest absolute Gasteiger partial charge is 0.465 e. The standard InChI is InChI=1S/C18H20N2O2S/c1-12-8-13(2)10-14(9-12)11-19-18(23)20-16-6-4-15(5-7-16)17(21)22-3/h4-10H,11H2,1-3H3,(H2,19,20,23). The van der Waals surface area contributed by atoms with Crippen LogP contribution in [0, 0.1) is 13.8 Å². The van der Waals surface area contributed by atoms with Crippen LogP contribution in [0.3, 0.4) is 0 Å². The number of anilines is 1. The van der Waals surface area contributed by atoms with E-state index >= 15 is 0 Å². The highest BCUT2D eigenvalue weighted by Gasteiger charge is 2.05. The molecule has 0 atom stereocenters. The van der Waals surface area contributed by atoms with Gasteiger partial charge >= 0.3 is 5.97 Å². The first-order valence-corrected chi connectivity index (χ1v) is 7.69. The molecule has 2 aromatic rings. The van der Waals surface area contributed by atoms with Crippen LogP contribution >= 0.6 is 12.2 Å². The van der Waals surface area contributed by atoms with Gasteiger partial charge in [-0.05, 0) is 55.9 Å². The Morgan fingerprint density at radius 1 is 1.09 bits per heavy atom. The predicted molar refractivity (Wildman–Crippen MR) is 96.8 cm³/mol. The molecule has 0 unspecified atom stereocenters. The van der Waals surface area contributed by atoms with Gasteiger partial charge in [-0.15, -0.1) is 0 Å². The molecule has 0 fully saturated rings. The van der Waals surface area contributed by atoms with E-state index in [1.807, 2.05) is 0 Å². The van der Waals surface area contributed by atoms with Gasteiger partial charge in [0.25, 0.3) is 0 Å². The summed E-state index contributed by atoms with van der Waals surface area (Å²) in [7, 11) is 1.36. The van der Waals surface area contributed by atoms with Gasteiger partial charge in [-0.25, -0.2) is 4.79 Å². The minimum atomic E-state index is -0.355. The van der Waals surface area contributed by atoms with E-state index in [1.54, 1.807) is 24.3 Å². The first-order chi connectivity index (χ1) is 11.0. The van der Waals surface area contributed by atoms with Gasteiger partial charge in [0.05, 0.1) is 12.7 Å². The zero-order valence-electron chi connectivity index (χ0n) is 13.5. The van der Waals surface area contributed by atoms with Crippen LogP contribution in [0.15, 0.2) is 42.5 Å². The highest BCUT2D eigenvalue weighted by molar-refractivity contribution is 7.80. The number of aryl methyl sites for hydroxylation is 2. The van der Waals surface area contributed by atoms with Gasteiger partial charge in [-0.2, -0.15) is 0 Å². The second-order valence-corrected chi connectivity index (χ2v) is 5.78. The van der Waals surface area contributed by atoms with Gasteiger partial charge in [0.2, 0.25) is 0 Å². The van der Waals surface area contributed by atoms with Gasteiger partial charge in [0.1, 0.15) is 0 Å². The fraction of sp³-hybridized carbons (Fsp3) is 0.222. The molecule has 2 rings (SSSR count). The summed E-state index contributed by atoms with van der Waals surface area (Å²) in [6.45, 7) is 4.82. The van der Waals surface area contributed by atoms with E-state index in [9.17, 15) is 4.79 Å². The molecule has 2 aromatic carbocycles. The molecular weight excluding hydrogens is 308 g/mol. The van der Waals surface area contributed by atoms with Crippen LogP contribution in [0.4, 0.5) is 5.69 Å². The first kappa shape index (κ1) is 17.0. The number of esters is 1. The van der Waals surface area contributed by atoms with E-state index in [2.05, 4.69) is 47.4 Å². The first-order valence-electron chi connectivity index (χ1n) is 7.28. The summed E-state index contributed by atoms with van der Waals surface area (Å²) >= 11 is 5.29. The molecule has 0 spiro atoms. The lowest BCUT2D eigenvalue weighted by Gasteiger charge is -2.12. The highest BCUT2D eigenvalue weighted by atomic mass is 32.1. The van der Waals surface area contributed by atoms with Crippen molar-refractivity contribution in [2.75, 3.05) is 12.4 Å². The topological polar surface area (TPSA) is 50.4 Å². The minimum absolute atomic E-state index is 0.355. The van der Waals surface area contributed by atoms with E-state index in [4.69, 9.17) is 12.2 Å². The maximum atomic E-state index is 11.4. The summed E-state index contributed by atoms with van der Waals surface area (Å²) in [5.74, 6) is -0.355. The number of nitrogens with one attached hydrogen (secondary N) is 2. The lowest BCUT2D eigenvalue weighted by molar-refractivity contribution is 0.0601. The molecule has 0 amide bonds. The number of hydrogen-bond donors (Lipinski definition) is 2. The molecule has 0 bridgehead atoms. The summed E-state index contributed by atoms with van der Waals surface area (Å²) < 4.78 is 4.67. The van der Waals surface area contributed by atoms with E-state index in [0.717, 1.165) is 5.69 Å². The van der Waals surface area contributed by atoms with E-state index in [0.29, 0.717) is 17.2 Å². The zero-order valence-corrected chi connectivity index (χ0v) is 14.3. The summed E-state index contributed by atoms with van der Waals surface area (Å²) in [5, 5.41) is 6.81. The van der Waals surface area contributed by atoms with Crippen molar-refractivity contribution >= 4 is 29.0 Å². The van der Waals surface area contributed by atoms with Gasteiger partial charge in [0, 0.05) is 12.2 Å². The Kier molecular flexibility index (Phi) is 5.71. The Morgan fingerprint density at radius 3 is 2.26 bits per heavy atom. The predicted octanol–water partition coefficient (Wildman–Crippen LogP) is 3.58. The van der Waals surface area contributed by atoms with Crippen molar-refractivity contribution in [1.82, 2.24) is 5.32 Å². The van der Waals surface area contributed by atoms with Crippen LogP contribution in [0.25, 0.3) is 0 Å². The van der Waals surface area contributed by atoms with Crippen LogP contribution in [-0.4, -0.2) is 18.2 Å². The van der Waals surface area contributed by atoms with Crippen molar-refractivity contribution in [3.8, 4) is 0 Å². The molecule has 0 aliphatic heterocycles. The Labute approximate surface area is 141 Å². The van der Waals surface area contributed by atoms with Gasteiger partial charge in [0.15, 0.2) is 5.11 Å². The van der Waals surface area contributed by atoms with Crippen molar-refractivity contribution in [3.63, 3.8) is 0 Å². The maximum Gasteiger partial charge on any atom is 0.337 e. The second kappa shape index (κ2) is 7.74. The van der Waals surface area contributed by atoms with E-state index < -0.39 is 0 Å². The number of carbonyl (C=O) groups is 1. The fourth-order valence-corrected chi connectivity index (χ4v) is 2.53. The van der Waals surface area contributed by atoms with Gasteiger partial charge < -0.3 is 15.4 Å². The molecule has 120 valence electrons. The van der Waals surface area contributed by atoms with Crippen molar-refractivity contribution in [2.45, 2.75) is 20.4 Å². The van der Waals surface area contributed by atoms with Crippen molar-refractivity contribution in [2.24, 2.45) is 0 Å². The van der Waals surface area contributed by atoms with Crippen LogP contribution in [-0.2, 0) is 11.3 Å². The van der Waals surface area contributed by atoms with Crippen LogP contribution in [0.1, 0.15) is 27.0 Å². The Morgan fingerprint density at radius 2 is 1.70 bits per heavy atom. The quantitative estimate of drug-likeness (QED) is 0.664. The smallest absolute Gasteiger partial charge is 0.337 e. The third-order valence-corrected chi connectivity index (χ3v) is 3.54. The van der Waals surface area contributed by atoms with Crippen LogP contribution < -0.4 is 10.6 Å². The third kappa shape index (κ3) is 5.07. The molecule has 23 heavy (non-hydrogen) atoms. The molecule has 4 nitrogen and oxygen atoms in total. The highest BCUT2D eigenvalue weighted by Crippen LogP contribution is 2.11. The second-order valence-electron chi connectivity index (χ2n) is 5.37. The fourth-order valence-electron chi connectivity index (χ4n) is 2.34. The normalized spacial score (nSPS) is 10.0. The number of rotatable bonds is 4.